The molecule has 17 heavy (non-hydrogen) atoms. The van der Waals surface area contributed by atoms with Crippen LogP contribution < -0.4 is 0 Å². The van der Waals surface area contributed by atoms with E-state index in [9.17, 15) is 9.59 Å². The number of carbonyl (C=O) groups is 2. The van der Waals surface area contributed by atoms with Gasteiger partial charge in [-0.2, -0.15) is 0 Å². The Bertz CT molecular complexity index is 266. The number of hydrogen-bond acceptors (Lipinski definition) is 4. The van der Waals surface area contributed by atoms with Crippen LogP contribution in [-0.4, -0.2) is 23.4 Å². The predicted octanol–water partition coefficient (Wildman–Crippen LogP) is 3.19. The summed E-state index contributed by atoms with van der Waals surface area (Å²) in [5.74, 6) is 0.471. The largest absolute Gasteiger partial charge is 0.461 e. The minimum Gasteiger partial charge on any atom is -0.461 e. The van der Waals surface area contributed by atoms with Crippen LogP contribution in [0.15, 0.2) is 12.7 Å². The number of carbonyl (C=O) groups excluding carboxylic acids is 2. The van der Waals surface area contributed by atoms with Gasteiger partial charge >= 0.3 is 5.97 Å². The topological polar surface area (TPSA) is 43.4 Å². The predicted molar refractivity (Wildman–Crippen MR) is 71.9 cm³/mol. The summed E-state index contributed by atoms with van der Waals surface area (Å²) in [6.45, 7) is 10.1. The first-order chi connectivity index (χ1) is 7.85. The Kier molecular flexibility index (Phi) is 7.96. The molecule has 0 radical (unpaired) electrons. The van der Waals surface area contributed by atoms with E-state index < -0.39 is 0 Å². The molecule has 0 rings (SSSR count). The lowest BCUT2D eigenvalue weighted by molar-refractivity contribution is -0.143. The van der Waals surface area contributed by atoms with Crippen LogP contribution in [0.25, 0.3) is 0 Å². The Morgan fingerprint density at radius 2 is 1.94 bits per heavy atom. The van der Waals surface area contributed by atoms with E-state index in [0.29, 0.717) is 0 Å². The van der Waals surface area contributed by atoms with Crippen LogP contribution in [-0.2, 0) is 14.3 Å². The van der Waals surface area contributed by atoms with Crippen LogP contribution in [0.3, 0.4) is 0 Å². The van der Waals surface area contributed by atoms with E-state index in [-0.39, 0.29) is 35.9 Å². The fourth-order valence-electron chi connectivity index (χ4n) is 0.971. The molecule has 0 spiro atoms. The van der Waals surface area contributed by atoms with E-state index in [1.807, 2.05) is 0 Å². The average Bonchev–Trinajstić information content (AvgIpc) is 2.21. The summed E-state index contributed by atoms with van der Waals surface area (Å²) >= 11 is 1.30. The zero-order chi connectivity index (χ0) is 13.3. The van der Waals surface area contributed by atoms with Crippen molar-refractivity contribution in [3.8, 4) is 0 Å². The van der Waals surface area contributed by atoms with Gasteiger partial charge in [0.15, 0.2) is 5.12 Å². The quantitative estimate of drug-likeness (QED) is 0.519. The third kappa shape index (κ3) is 11.5. The Morgan fingerprint density at radius 1 is 1.29 bits per heavy atom. The van der Waals surface area contributed by atoms with Gasteiger partial charge in [-0.1, -0.05) is 45.2 Å². The first kappa shape index (κ1) is 16.2. The molecule has 98 valence electrons. The summed E-state index contributed by atoms with van der Waals surface area (Å²) in [6.07, 6.45) is 2.92. The summed E-state index contributed by atoms with van der Waals surface area (Å²) in [4.78, 5) is 22.6. The van der Waals surface area contributed by atoms with E-state index >= 15 is 0 Å². The van der Waals surface area contributed by atoms with Gasteiger partial charge in [0.05, 0.1) is 6.42 Å². The fraction of sp³-hybridized carbons (Fsp3) is 0.692. The summed E-state index contributed by atoms with van der Waals surface area (Å²) < 4.78 is 4.78. The minimum absolute atomic E-state index is 0.0600. The normalized spacial score (nSPS) is 11.0. The summed E-state index contributed by atoms with van der Waals surface area (Å²) in [6, 6.07) is 0. The molecule has 0 aromatic rings. The molecular weight excluding hydrogens is 236 g/mol. The monoisotopic (exact) mass is 258 g/mol. The van der Waals surface area contributed by atoms with Crippen molar-refractivity contribution in [3.63, 3.8) is 0 Å². The van der Waals surface area contributed by atoms with Crippen LogP contribution in [0.2, 0.25) is 0 Å². The van der Waals surface area contributed by atoms with Gasteiger partial charge in [-0.15, -0.1) is 0 Å². The summed E-state index contributed by atoms with van der Waals surface area (Å²) in [5.41, 5.74) is 0.246. The van der Waals surface area contributed by atoms with E-state index in [1.54, 1.807) is 0 Å². The number of hydrogen-bond donors (Lipinski definition) is 0. The first-order valence-electron chi connectivity index (χ1n) is 5.77. The third-order valence-electron chi connectivity index (χ3n) is 2.01. The van der Waals surface area contributed by atoms with Crippen molar-refractivity contribution in [2.75, 3.05) is 12.4 Å². The van der Waals surface area contributed by atoms with Crippen molar-refractivity contribution in [1.29, 1.82) is 0 Å². The van der Waals surface area contributed by atoms with Gasteiger partial charge in [-0.05, 0) is 11.8 Å². The zero-order valence-electron chi connectivity index (χ0n) is 11.0. The van der Waals surface area contributed by atoms with Crippen molar-refractivity contribution in [3.05, 3.63) is 12.7 Å². The molecule has 4 heteroatoms. The highest BCUT2D eigenvalue weighted by atomic mass is 32.2. The Morgan fingerprint density at radius 3 is 2.47 bits per heavy atom. The van der Waals surface area contributed by atoms with Gasteiger partial charge in [-0.3, -0.25) is 9.59 Å². The molecule has 0 aromatic heterocycles. The molecule has 0 aromatic carbocycles. The molecule has 3 nitrogen and oxygen atoms in total. The van der Waals surface area contributed by atoms with Crippen molar-refractivity contribution in [2.24, 2.45) is 5.41 Å². The highest BCUT2D eigenvalue weighted by molar-refractivity contribution is 8.13. The van der Waals surface area contributed by atoms with E-state index in [1.165, 1.54) is 17.8 Å². The van der Waals surface area contributed by atoms with Crippen molar-refractivity contribution in [2.45, 2.75) is 40.0 Å². The Hall–Kier alpha value is -0.770. The van der Waals surface area contributed by atoms with Gasteiger partial charge in [0, 0.05) is 12.2 Å². The Labute approximate surface area is 108 Å². The maximum atomic E-state index is 11.4. The summed E-state index contributed by atoms with van der Waals surface area (Å²) in [7, 11) is 0. The molecule has 0 bridgehead atoms. The minimum atomic E-state index is -0.338. The highest BCUT2D eigenvalue weighted by Crippen LogP contribution is 2.22. The molecule has 0 atom stereocenters. The molecule has 0 aliphatic carbocycles. The first-order valence-corrected chi connectivity index (χ1v) is 6.76. The SMILES string of the molecule is C=CCOC(=O)CCC(=O)SCCC(C)(C)C. The molecule has 0 heterocycles. The molecule has 0 saturated heterocycles. The lowest BCUT2D eigenvalue weighted by Crippen LogP contribution is -2.09. The second-order valence-corrected chi connectivity index (χ2v) is 6.16. The van der Waals surface area contributed by atoms with Crippen LogP contribution in [0, 0.1) is 5.41 Å². The van der Waals surface area contributed by atoms with Gasteiger partial charge in [-0.25, -0.2) is 0 Å². The smallest absolute Gasteiger partial charge is 0.306 e. The van der Waals surface area contributed by atoms with Gasteiger partial charge in [0.1, 0.15) is 6.61 Å². The maximum absolute atomic E-state index is 11.4. The molecule has 0 N–H and O–H groups in total. The van der Waals surface area contributed by atoms with Gasteiger partial charge < -0.3 is 4.74 Å². The van der Waals surface area contributed by atoms with Crippen molar-refractivity contribution >= 4 is 22.8 Å². The maximum Gasteiger partial charge on any atom is 0.306 e. The Balaban J connectivity index is 3.59. The van der Waals surface area contributed by atoms with E-state index in [2.05, 4.69) is 27.4 Å². The van der Waals surface area contributed by atoms with Crippen molar-refractivity contribution < 1.29 is 14.3 Å². The number of esters is 1. The molecule has 0 fully saturated rings. The molecular formula is C13H22O3S. The third-order valence-corrected chi connectivity index (χ3v) is 2.94. The fourth-order valence-corrected chi connectivity index (χ4v) is 2.16. The standard InChI is InChI=1S/C13H22O3S/c1-5-9-16-11(14)6-7-12(15)17-10-8-13(2,3)4/h5H,1,6-10H2,2-4H3. The van der Waals surface area contributed by atoms with E-state index in [4.69, 9.17) is 4.74 Å². The number of rotatable bonds is 7. The average molecular weight is 258 g/mol. The second-order valence-electron chi connectivity index (χ2n) is 5.00. The van der Waals surface area contributed by atoms with Crippen LogP contribution in [0.4, 0.5) is 0 Å². The lowest BCUT2D eigenvalue weighted by Gasteiger charge is -2.16. The molecule has 0 aliphatic rings. The summed E-state index contributed by atoms with van der Waals surface area (Å²) in [5, 5.41) is 0.0600. The van der Waals surface area contributed by atoms with Crippen molar-refractivity contribution in [1.82, 2.24) is 0 Å². The molecule has 0 saturated carbocycles. The van der Waals surface area contributed by atoms with Gasteiger partial charge in [0.25, 0.3) is 0 Å². The second kappa shape index (κ2) is 8.34. The van der Waals surface area contributed by atoms with Gasteiger partial charge in [0.2, 0.25) is 0 Å². The zero-order valence-corrected chi connectivity index (χ0v) is 11.8. The molecule has 0 amide bonds. The molecule has 0 unspecified atom stereocenters. The number of ether oxygens (including phenoxy) is 1. The number of thioether (sulfide) groups is 1. The lowest BCUT2D eigenvalue weighted by atomic mass is 9.94. The molecule has 0 aliphatic heterocycles. The highest BCUT2D eigenvalue weighted by Gasteiger charge is 2.12. The van der Waals surface area contributed by atoms with Crippen LogP contribution in [0.5, 0.6) is 0 Å². The van der Waals surface area contributed by atoms with Crippen LogP contribution >= 0.6 is 11.8 Å². The van der Waals surface area contributed by atoms with E-state index in [0.717, 1.165) is 12.2 Å². The van der Waals surface area contributed by atoms with Crippen LogP contribution in [0.1, 0.15) is 40.0 Å².